The van der Waals surface area contributed by atoms with Gasteiger partial charge in [-0.15, -0.1) is 0 Å². The molecule has 0 radical (unpaired) electrons. The molecule has 1 aliphatic rings. The van der Waals surface area contributed by atoms with Crippen LogP contribution in [0.1, 0.15) is 32.6 Å². The highest BCUT2D eigenvalue weighted by Gasteiger charge is 1.99. The topological polar surface area (TPSA) is 61.1 Å². The quantitative estimate of drug-likeness (QED) is 0.651. The minimum Gasteiger partial charge on any atom is -0.478 e. The summed E-state index contributed by atoms with van der Waals surface area (Å²) in [5.74, 6) is -0.935. The standard InChI is InChI=1S/C7H9N.C4H6O2/c8-6-7-4-2-1-3-5-7;1-3(2)4(5)6/h4H,1-3,5H2;1H2,2H3,(H,5,6). The maximum atomic E-state index is 9.60. The van der Waals surface area contributed by atoms with Crippen molar-refractivity contribution in [2.24, 2.45) is 0 Å². The zero-order valence-corrected chi connectivity index (χ0v) is 8.42. The van der Waals surface area contributed by atoms with Crippen molar-refractivity contribution in [1.29, 1.82) is 5.26 Å². The summed E-state index contributed by atoms with van der Waals surface area (Å²) in [4.78, 5) is 9.60. The van der Waals surface area contributed by atoms with E-state index in [4.69, 9.17) is 10.4 Å². The predicted molar refractivity (Wildman–Crippen MR) is 54.6 cm³/mol. The molecule has 1 aliphatic carbocycles. The summed E-state index contributed by atoms with van der Waals surface area (Å²) in [6, 6.07) is 2.16. The van der Waals surface area contributed by atoms with E-state index >= 15 is 0 Å². The van der Waals surface area contributed by atoms with Crippen LogP contribution in [0.25, 0.3) is 0 Å². The Morgan fingerprint density at radius 2 is 2.21 bits per heavy atom. The highest BCUT2D eigenvalue weighted by Crippen LogP contribution is 2.15. The van der Waals surface area contributed by atoms with Crippen LogP contribution in [0.3, 0.4) is 0 Å². The molecular formula is C11H15NO2. The number of carboxylic acids is 1. The predicted octanol–water partition coefficient (Wildman–Crippen LogP) is 2.66. The molecule has 0 bridgehead atoms. The highest BCUT2D eigenvalue weighted by molar-refractivity contribution is 5.84. The first kappa shape index (κ1) is 12.4. The highest BCUT2D eigenvalue weighted by atomic mass is 16.4. The van der Waals surface area contributed by atoms with Crippen LogP contribution in [0.5, 0.6) is 0 Å². The normalized spacial score (nSPS) is 14.1. The summed E-state index contributed by atoms with van der Waals surface area (Å²) in [6.07, 6.45) is 6.65. The van der Waals surface area contributed by atoms with E-state index in [2.05, 4.69) is 12.6 Å². The molecule has 0 spiro atoms. The lowest BCUT2D eigenvalue weighted by molar-refractivity contribution is -0.132. The molecule has 0 fully saturated rings. The molecule has 14 heavy (non-hydrogen) atoms. The Morgan fingerprint density at radius 3 is 2.43 bits per heavy atom. The van der Waals surface area contributed by atoms with Crippen molar-refractivity contribution >= 4 is 5.97 Å². The van der Waals surface area contributed by atoms with Gasteiger partial charge in [-0.3, -0.25) is 0 Å². The maximum Gasteiger partial charge on any atom is 0.330 e. The van der Waals surface area contributed by atoms with Gasteiger partial charge in [-0.1, -0.05) is 12.7 Å². The molecule has 1 rings (SSSR count). The van der Waals surface area contributed by atoms with Gasteiger partial charge in [0.2, 0.25) is 0 Å². The molecule has 0 amide bonds. The second kappa shape index (κ2) is 6.90. The first-order chi connectivity index (χ1) is 6.57. The molecule has 0 atom stereocenters. The fourth-order valence-electron chi connectivity index (χ4n) is 0.940. The Balaban J connectivity index is 0.000000255. The second-order valence-corrected chi connectivity index (χ2v) is 3.17. The van der Waals surface area contributed by atoms with E-state index in [1.807, 2.05) is 6.08 Å². The fourth-order valence-corrected chi connectivity index (χ4v) is 0.940. The number of hydrogen-bond donors (Lipinski definition) is 1. The lowest BCUT2D eigenvalue weighted by Crippen LogP contribution is -1.92. The van der Waals surface area contributed by atoms with Crippen molar-refractivity contribution < 1.29 is 9.90 Å². The van der Waals surface area contributed by atoms with Crippen molar-refractivity contribution in [2.75, 3.05) is 0 Å². The summed E-state index contributed by atoms with van der Waals surface area (Å²) in [7, 11) is 0. The van der Waals surface area contributed by atoms with Gasteiger partial charge in [0, 0.05) is 11.1 Å². The number of nitriles is 1. The van der Waals surface area contributed by atoms with Gasteiger partial charge in [-0.2, -0.15) is 5.26 Å². The van der Waals surface area contributed by atoms with Crippen molar-refractivity contribution in [3.05, 3.63) is 23.8 Å². The minimum atomic E-state index is -0.935. The third-order valence-corrected chi connectivity index (χ3v) is 1.80. The van der Waals surface area contributed by atoms with Gasteiger partial charge in [-0.05, 0) is 32.6 Å². The Hall–Kier alpha value is -1.56. The van der Waals surface area contributed by atoms with Crippen LogP contribution in [0.15, 0.2) is 23.8 Å². The van der Waals surface area contributed by atoms with Crippen LogP contribution in [-0.2, 0) is 4.79 Å². The minimum absolute atomic E-state index is 0.176. The van der Waals surface area contributed by atoms with E-state index in [0.717, 1.165) is 18.4 Å². The molecule has 0 aromatic carbocycles. The molecule has 0 saturated heterocycles. The van der Waals surface area contributed by atoms with Crippen molar-refractivity contribution in [3.8, 4) is 6.07 Å². The molecule has 0 heterocycles. The molecule has 0 aliphatic heterocycles. The molecule has 76 valence electrons. The second-order valence-electron chi connectivity index (χ2n) is 3.17. The van der Waals surface area contributed by atoms with Crippen LogP contribution in [0.4, 0.5) is 0 Å². The number of hydrogen-bond acceptors (Lipinski definition) is 2. The summed E-state index contributed by atoms with van der Waals surface area (Å²) in [6.45, 7) is 4.60. The Morgan fingerprint density at radius 1 is 1.64 bits per heavy atom. The summed E-state index contributed by atoms with van der Waals surface area (Å²) in [5, 5.41) is 16.3. The SMILES string of the molecule is C=C(C)C(=O)O.N#CC1=CCCCC1. The van der Waals surface area contributed by atoms with Crippen LogP contribution in [-0.4, -0.2) is 11.1 Å². The average molecular weight is 193 g/mol. The molecule has 0 aromatic rings. The molecule has 3 heteroatoms. The maximum absolute atomic E-state index is 9.60. The third kappa shape index (κ3) is 6.01. The van der Waals surface area contributed by atoms with Crippen LogP contribution >= 0.6 is 0 Å². The number of carbonyl (C=O) groups is 1. The van der Waals surface area contributed by atoms with E-state index in [0.29, 0.717) is 0 Å². The summed E-state index contributed by atoms with van der Waals surface area (Å²) < 4.78 is 0. The number of rotatable bonds is 1. The molecular weight excluding hydrogens is 178 g/mol. The van der Waals surface area contributed by atoms with E-state index < -0.39 is 5.97 Å². The van der Waals surface area contributed by atoms with Gasteiger partial charge in [0.15, 0.2) is 0 Å². The van der Waals surface area contributed by atoms with Crippen LogP contribution in [0, 0.1) is 11.3 Å². The number of allylic oxidation sites excluding steroid dienone is 2. The van der Waals surface area contributed by atoms with Crippen LogP contribution in [0.2, 0.25) is 0 Å². The van der Waals surface area contributed by atoms with Gasteiger partial charge in [0.05, 0.1) is 6.07 Å². The van der Waals surface area contributed by atoms with Gasteiger partial charge in [0.25, 0.3) is 0 Å². The van der Waals surface area contributed by atoms with E-state index in [1.165, 1.54) is 19.8 Å². The third-order valence-electron chi connectivity index (χ3n) is 1.80. The van der Waals surface area contributed by atoms with Gasteiger partial charge < -0.3 is 5.11 Å². The molecule has 3 nitrogen and oxygen atoms in total. The van der Waals surface area contributed by atoms with Crippen molar-refractivity contribution in [3.63, 3.8) is 0 Å². The Bertz CT molecular complexity index is 272. The largest absolute Gasteiger partial charge is 0.478 e. The van der Waals surface area contributed by atoms with Gasteiger partial charge >= 0.3 is 5.97 Å². The molecule has 0 saturated carbocycles. The smallest absolute Gasteiger partial charge is 0.330 e. The molecule has 0 unspecified atom stereocenters. The van der Waals surface area contributed by atoms with E-state index in [9.17, 15) is 4.79 Å². The Kier molecular flexibility index (Phi) is 6.13. The van der Waals surface area contributed by atoms with E-state index in [-0.39, 0.29) is 5.57 Å². The number of carboxylic acid groups (broad SMARTS) is 1. The zero-order chi connectivity index (χ0) is 11.0. The number of nitrogens with zero attached hydrogens (tertiary/aromatic N) is 1. The Labute approximate surface area is 84.4 Å². The molecule has 1 N–H and O–H groups in total. The van der Waals surface area contributed by atoms with Crippen LogP contribution < -0.4 is 0 Å². The summed E-state index contributed by atoms with van der Waals surface area (Å²) in [5.41, 5.74) is 1.16. The lowest BCUT2D eigenvalue weighted by atomic mass is 10.0. The van der Waals surface area contributed by atoms with Gasteiger partial charge in [0.1, 0.15) is 0 Å². The molecule has 0 aromatic heterocycles. The lowest BCUT2D eigenvalue weighted by Gasteiger charge is -2.03. The van der Waals surface area contributed by atoms with Gasteiger partial charge in [-0.25, -0.2) is 4.79 Å². The first-order valence-corrected chi connectivity index (χ1v) is 4.56. The number of aliphatic carboxylic acids is 1. The summed E-state index contributed by atoms with van der Waals surface area (Å²) >= 11 is 0. The average Bonchev–Trinajstić information content (AvgIpc) is 2.20. The zero-order valence-electron chi connectivity index (χ0n) is 8.42. The van der Waals surface area contributed by atoms with Crippen molar-refractivity contribution in [2.45, 2.75) is 32.6 Å². The first-order valence-electron chi connectivity index (χ1n) is 4.56. The van der Waals surface area contributed by atoms with Crippen molar-refractivity contribution in [1.82, 2.24) is 0 Å². The monoisotopic (exact) mass is 193 g/mol. The van der Waals surface area contributed by atoms with E-state index in [1.54, 1.807) is 0 Å². The fraction of sp³-hybridized carbons (Fsp3) is 0.455.